The second-order valence-electron chi connectivity index (χ2n) is 5.86. The quantitative estimate of drug-likeness (QED) is 0.588. The normalized spacial score (nSPS) is 15.5. The highest BCUT2D eigenvalue weighted by Gasteiger charge is 2.34. The minimum absolute atomic E-state index is 0.0858. The third-order valence-corrected chi connectivity index (χ3v) is 3.66. The number of benzene rings is 1. The summed E-state index contributed by atoms with van der Waals surface area (Å²) in [6, 6.07) is 7.82. The highest BCUT2D eigenvalue weighted by atomic mass is 16.6. The summed E-state index contributed by atoms with van der Waals surface area (Å²) in [5.74, 6) is -1.06. The maximum atomic E-state index is 12.0. The van der Waals surface area contributed by atoms with E-state index >= 15 is 0 Å². The molecule has 0 unspecified atom stereocenters. The molecule has 0 N–H and O–H groups in total. The maximum Gasteiger partial charge on any atom is 0.308 e. The molecule has 1 atom stereocenters. The van der Waals surface area contributed by atoms with E-state index in [4.69, 9.17) is 14.2 Å². The molecule has 2 aromatic rings. The Labute approximate surface area is 160 Å². The van der Waals surface area contributed by atoms with Crippen LogP contribution in [0.3, 0.4) is 0 Å². The lowest BCUT2D eigenvalue weighted by Gasteiger charge is -2.19. The number of carbonyl (C=O) groups excluding carboxylic acids is 3. The van der Waals surface area contributed by atoms with Gasteiger partial charge in [0, 0.05) is 44.8 Å². The van der Waals surface area contributed by atoms with E-state index in [2.05, 4.69) is 10.1 Å². The molecule has 1 aliphatic heterocycles. The summed E-state index contributed by atoms with van der Waals surface area (Å²) in [6.07, 6.45) is 2.37. The minimum Gasteiger partial charge on any atom is -0.446 e. The van der Waals surface area contributed by atoms with Crippen LogP contribution in [0.25, 0.3) is 0 Å². The predicted octanol–water partition coefficient (Wildman–Crippen LogP) is 2.17. The lowest BCUT2D eigenvalue weighted by molar-refractivity contribution is -0.135. The first-order valence-electron chi connectivity index (χ1n) is 8.31. The van der Waals surface area contributed by atoms with Crippen molar-refractivity contribution in [1.82, 2.24) is 9.99 Å². The Bertz CT molecular complexity index is 957. The zero-order chi connectivity index (χ0) is 20.3. The first-order chi connectivity index (χ1) is 13.3. The summed E-state index contributed by atoms with van der Waals surface area (Å²) < 4.78 is 16.1. The summed E-state index contributed by atoms with van der Waals surface area (Å²) in [5.41, 5.74) is 1.00. The van der Waals surface area contributed by atoms with Crippen molar-refractivity contribution in [3.05, 3.63) is 53.9 Å². The Balaban J connectivity index is 1.99. The van der Waals surface area contributed by atoms with Crippen LogP contribution < -0.4 is 9.47 Å². The van der Waals surface area contributed by atoms with Crippen LogP contribution in [0.5, 0.6) is 11.5 Å². The fourth-order valence-corrected chi connectivity index (χ4v) is 2.57. The number of ether oxygens (including phenoxy) is 3. The molecule has 2 heterocycles. The van der Waals surface area contributed by atoms with Gasteiger partial charge in [-0.25, -0.2) is 0 Å². The molecule has 0 fully saturated rings. The van der Waals surface area contributed by atoms with Crippen LogP contribution in [0.2, 0.25) is 0 Å². The molecule has 1 amide bonds. The molecule has 0 aliphatic carbocycles. The number of esters is 2. The zero-order valence-electron chi connectivity index (χ0n) is 15.4. The molecular formula is C19H17N3O6. The molecule has 0 bridgehead atoms. The summed E-state index contributed by atoms with van der Waals surface area (Å²) in [4.78, 5) is 38.6. The Morgan fingerprint density at radius 1 is 1.00 bits per heavy atom. The number of hydrazone groups is 1. The van der Waals surface area contributed by atoms with Crippen molar-refractivity contribution in [2.24, 2.45) is 5.10 Å². The van der Waals surface area contributed by atoms with Gasteiger partial charge >= 0.3 is 11.9 Å². The topological polar surface area (TPSA) is 107 Å². The second-order valence-corrected chi connectivity index (χ2v) is 5.86. The van der Waals surface area contributed by atoms with Gasteiger partial charge in [0.1, 0.15) is 11.5 Å². The number of carbonyl (C=O) groups is 3. The fraction of sp³-hybridized carbons (Fsp3) is 0.211. The zero-order valence-corrected chi connectivity index (χ0v) is 15.4. The van der Waals surface area contributed by atoms with E-state index in [1.807, 2.05) is 0 Å². The van der Waals surface area contributed by atoms with Gasteiger partial charge in [0.25, 0.3) is 0 Å². The number of nitrogens with zero attached hydrogens (tertiary/aromatic N) is 3. The average Bonchev–Trinajstić information content (AvgIpc) is 3.07. The lowest BCUT2D eigenvalue weighted by Crippen LogP contribution is -2.25. The fourth-order valence-electron chi connectivity index (χ4n) is 2.57. The van der Waals surface area contributed by atoms with Gasteiger partial charge in [-0.2, -0.15) is 5.01 Å². The van der Waals surface area contributed by atoms with E-state index in [9.17, 15) is 14.4 Å². The number of hydrogen-bond donors (Lipinski definition) is 0. The van der Waals surface area contributed by atoms with E-state index in [0.717, 1.165) is 0 Å². The van der Waals surface area contributed by atoms with Crippen LogP contribution in [-0.4, -0.2) is 33.7 Å². The SMILES string of the molecule is CC(=O)Oc1ccc(C2=NN(C(C)=O)[C@@H](c3ccncc3)O2)c(OC(C)=O)c1. The smallest absolute Gasteiger partial charge is 0.308 e. The highest BCUT2D eigenvalue weighted by molar-refractivity contribution is 5.99. The highest BCUT2D eigenvalue weighted by Crippen LogP contribution is 2.34. The van der Waals surface area contributed by atoms with E-state index in [0.29, 0.717) is 11.1 Å². The summed E-state index contributed by atoms with van der Waals surface area (Å²) in [7, 11) is 0. The molecule has 9 nitrogen and oxygen atoms in total. The van der Waals surface area contributed by atoms with Gasteiger partial charge in [-0.15, -0.1) is 5.10 Å². The van der Waals surface area contributed by atoms with Crippen molar-refractivity contribution in [3.8, 4) is 11.5 Å². The number of pyridine rings is 1. The van der Waals surface area contributed by atoms with Crippen LogP contribution in [-0.2, 0) is 19.1 Å². The van der Waals surface area contributed by atoms with Crippen LogP contribution in [0.1, 0.15) is 38.1 Å². The molecule has 1 aromatic heterocycles. The third kappa shape index (κ3) is 4.14. The predicted molar refractivity (Wildman–Crippen MR) is 96.2 cm³/mol. The van der Waals surface area contributed by atoms with Crippen molar-refractivity contribution in [1.29, 1.82) is 0 Å². The minimum atomic E-state index is -0.783. The Morgan fingerprint density at radius 3 is 2.29 bits per heavy atom. The van der Waals surface area contributed by atoms with Gasteiger partial charge in [-0.3, -0.25) is 19.4 Å². The molecule has 0 saturated heterocycles. The standard InChI is InChI=1S/C19H17N3O6/c1-11(23)22-19(14-6-8-20-9-7-14)28-18(21-22)16-5-4-15(26-12(2)24)10-17(16)27-13(3)25/h4-10,19H,1-3H3/t19-/m1/s1. The number of aromatic nitrogens is 1. The molecule has 0 radical (unpaired) electrons. The van der Waals surface area contributed by atoms with Crippen LogP contribution in [0.15, 0.2) is 47.8 Å². The molecular weight excluding hydrogens is 366 g/mol. The van der Waals surface area contributed by atoms with Crippen LogP contribution in [0, 0.1) is 0 Å². The van der Waals surface area contributed by atoms with Gasteiger partial charge in [0.05, 0.1) is 5.56 Å². The molecule has 9 heteroatoms. The van der Waals surface area contributed by atoms with Gasteiger partial charge < -0.3 is 14.2 Å². The van der Waals surface area contributed by atoms with Gasteiger partial charge in [-0.05, 0) is 24.3 Å². The number of rotatable bonds is 4. The van der Waals surface area contributed by atoms with Crippen molar-refractivity contribution in [2.45, 2.75) is 27.0 Å². The maximum absolute atomic E-state index is 12.0. The number of hydrogen-bond acceptors (Lipinski definition) is 8. The molecule has 1 aliphatic rings. The van der Waals surface area contributed by atoms with Crippen LogP contribution >= 0.6 is 0 Å². The second kappa shape index (κ2) is 7.87. The van der Waals surface area contributed by atoms with Crippen molar-refractivity contribution >= 4 is 23.7 Å². The van der Waals surface area contributed by atoms with Gasteiger partial charge in [0.2, 0.25) is 18.0 Å². The van der Waals surface area contributed by atoms with Crippen molar-refractivity contribution in [3.63, 3.8) is 0 Å². The first-order valence-corrected chi connectivity index (χ1v) is 8.31. The molecule has 0 spiro atoms. The number of amides is 1. The molecule has 0 saturated carbocycles. The molecule has 1 aromatic carbocycles. The summed E-state index contributed by atoms with van der Waals surface area (Å²) >= 11 is 0. The van der Waals surface area contributed by atoms with E-state index < -0.39 is 18.2 Å². The Hall–Kier alpha value is -3.75. The molecule has 144 valence electrons. The van der Waals surface area contributed by atoms with Crippen molar-refractivity contribution < 1.29 is 28.6 Å². The van der Waals surface area contributed by atoms with Gasteiger partial charge in [0.15, 0.2) is 0 Å². The van der Waals surface area contributed by atoms with Crippen molar-refractivity contribution in [2.75, 3.05) is 0 Å². The van der Waals surface area contributed by atoms with E-state index in [-0.39, 0.29) is 23.3 Å². The summed E-state index contributed by atoms with van der Waals surface area (Å²) in [5, 5.41) is 5.42. The Morgan fingerprint density at radius 2 is 1.68 bits per heavy atom. The summed E-state index contributed by atoms with van der Waals surface area (Å²) in [6.45, 7) is 3.86. The lowest BCUT2D eigenvalue weighted by atomic mass is 10.2. The van der Waals surface area contributed by atoms with E-state index in [1.165, 1.54) is 44.0 Å². The Kier molecular flexibility index (Phi) is 5.35. The first kappa shape index (κ1) is 19.0. The molecule has 28 heavy (non-hydrogen) atoms. The molecule has 3 rings (SSSR count). The average molecular weight is 383 g/mol. The monoisotopic (exact) mass is 383 g/mol. The van der Waals surface area contributed by atoms with Gasteiger partial charge in [-0.1, -0.05) is 0 Å². The largest absolute Gasteiger partial charge is 0.446 e. The third-order valence-electron chi connectivity index (χ3n) is 3.66. The van der Waals surface area contributed by atoms with Crippen LogP contribution in [0.4, 0.5) is 0 Å². The van der Waals surface area contributed by atoms with E-state index in [1.54, 1.807) is 24.5 Å².